The monoisotopic (exact) mass is 386 g/mol. The van der Waals surface area contributed by atoms with Gasteiger partial charge in [0.15, 0.2) is 5.16 Å². The minimum atomic E-state index is -0.119. The molecule has 0 aliphatic carbocycles. The summed E-state index contributed by atoms with van der Waals surface area (Å²) in [6.07, 6.45) is 0. The number of carbonyl (C=O) groups is 1. The minimum Gasteiger partial charge on any atom is -0.325 e. The molecular weight excluding hydrogens is 368 g/mol. The van der Waals surface area contributed by atoms with Crippen molar-refractivity contribution in [3.8, 4) is 5.69 Å². The van der Waals surface area contributed by atoms with Crippen LogP contribution >= 0.6 is 23.4 Å². The van der Waals surface area contributed by atoms with Crippen LogP contribution in [0.4, 0.5) is 5.69 Å². The number of anilines is 1. The van der Waals surface area contributed by atoms with E-state index in [2.05, 4.69) is 15.5 Å². The quantitative estimate of drug-likeness (QED) is 0.652. The Morgan fingerprint density at radius 1 is 1.12 bits per heavy atom. The third-order valence-corrected chi connectivity index (χ3v) is 5.28. The van der Waals surface area contributed by atoms with E-state index in [1.54, 1.807) is 6.07 Å². The largest absolute Gasteiger partial charge is 0.325 e. The highest BCUT2D eigenvalue weighted by Crippen LogP contribution is 2.24. The molecule has 0 saturated carbocycles. The number of carbonyl (C=O) groups excluding carboxylic acids is 1. The number of benzene rings is 2. The van der Waals surface area contributed by atoms with Crippen molar-refractivity contribution in [2.75, 3.05) is 11.1 Å². The van der Waals surface area contributed by atoms with Crippen molar-refractivity contribution in [2.45, 2.75) is 25.9 Å². The number of para-hydroxylation sites is 1. The van der Waals surface area contributed by atoms with E-state index in [1.165, 1.54) is 11.8 Å². The van der Waals surface area contributed by atoms with Gasteiger partial charge in [0, 0.05) is 10.7 Å². The van der Waals surface area contributed by atoms with E-state index < -0.39 is 0 Å². The Labute approximate surface area is 161 Å². The number of rotatable bonds is 5. The molecule has 0 fully saturated rings. The topological polar surface area (TPSA) is 59.8 Å². The van der Waals surface area contributed by atoms with Gasteiger partial charge in [-0.05, 0) is 50.1 Å². The zero-order chi connectivity index (χ0) is 18.7. The molecule has 0 aliphatic rings. The Morgan fingerprint density at radius 3 is 2.62 bits per heavy atom. The zero-order valence-corrected chi connectivity index (χ0v) is 16.4. The van der Waals surface area contributed by atoms with Gasteiger partial charge in [0.05, 0.1) is 11.4 Å². The van der Waals surface area contributed by atoms with Crippen LogP contribution in [0, 0.1) is 20.8 Å². The van der Waals surface area contributed by atoms with Crippen LogP contribution in [-0.2, 0) is 4.79 Å². The second-order valence-corrected chi connectivity index (χ2v) is 7.30. The number of aromatic nitrogens is 3. The molecule has 26 heavy (non-hydrogen) atoms. The van der Waals surface area contributed by atoms with Crippen LogP contribution in [0.1, 0.15) is 17.0 Å². The van der Waals surface area contributed by atoms with Crippen molar-refractivity contribution in [3.05, 3.63) is 64.4 Å². The molecule has 0 unspecified atom stereocenters. The molecule has 7 heteroatoms. The Hall–Kier alpha value is -2.31. The fourth-order valence-corrected chi connectivity index (χ4v) is 3.50. The highest BCUT2D eigenvalue weighted by molar-refractivity contribution is 7.99. The maximum Gasteiger partial charge on any atom is 0.234 e. The van der Waals surface area contributed by atoms with Gasteiger partial charge in [0.2, 0.25) is 5.91 Å². The molecule has 3 rings (SSSR count). The van der Waals surface area contributed by atoms with Crippen molar-refractivity contribution in [1.82, 2.24) is 14.8 Å². The molecule has 0 spiro atoms. The lowest BCUT2D eigenvalue weighted by Crippen LogP contribution is -2.14. The number of hydrogen-bond donors (Lipinski definition) is 1. The Kier molecular flexibility index (Phi) is 5.64. The molecule has 5 nitrogen and oxygen atoms in total. The van der Waals surface area contributed by atoms with E-state index in [0.717, 1.165) is 22.6 Å². The van der Waals surface area contributed by atoms with Crippen LogP contribution < -0.4 is 5.32 Å². The summed E-state index contributed by atoms with van der Waals surface area (Å²) in [6.45, 7) is 5.86. The van der Waals surface area contributed by atoms with Gasteiger partial charge < -0.3 is 5.32 Å². The van der Waals surface area contributed by atoms with Crippen LogP contribution in [0.2, 0.25) is 5.02 Å². The van der Waals surface area contributed by atoms with E-state index in [4.69, 9.17) is 11.6 Å². The Morgan fingerprint density at radius 2 is 1.88 bits per heavy atom. The summed E-state index contributed by atoms with van der Waals surface area (Å²) in [4.78, 5) is 12.3. The van der Waals surface area contributed by atoms with E-state index in [1.807, 2.05) is 61.7 Å². The lowest BCUT2D eigenvalue weighted by Gasteiger charge is -2.11. The average Bonchev–Trinajstić information content (AvgIpc) is 2.97. The van der Waals surface area contributed by atoms with Gasteiger partial charge >= 0.3 is 0 Å². The van der Waals surface area contributed by atoms with Crippen molar-refractivity contribution < 1.29 is 4.79 Å². The predicted octanol–water partition coefficient (Wildman–Crippen LogP) is 4.58. The number of nitrogens with one attached hydrogen (secondary N) is 1. The number of amides is 1. The van der Waals surface area contributed by atoms with Crippen LogP contribution in [0.15, 0.2) is 47.6 Å². The summed E-state index contributed by atoms with van der Waals surface area (Å²) in [5.74, 6) is 0.898. The lowest BCUT2D eigenvalue weighted by molar-refractivity contribution is -0.113. The van der Waals surface area contributed by atoms with Crippen molar-refractivity contribution in [2.24, 2.45) is 0 Å². The van der Waals surface area contributed by atoms with E-state index in [0.29, 0.717) is 15.9 Å². The Balaban J connectivity index is 1.71. The minimum absolute atomic E-state index is 0.119. The van der Waals surface area contributed by atoms with E-state index >= 15 is 0 Å². The molecule has 1 amide bonds. The van der Waals surface area contributed by atoms with Crippen LogP contribution in [-0.4, -0.2) is 26.4 Å². The molecule has 2 aromatic carbocycles. The molecule has 134 valence electrons. The summed E-state index contributed by atoms with van der Waals surface area (Å²) in [7, 11) is 0. The maximum atomic E-state index is 12.3. The summed E-state index contributed by atoms with van der Waals surface area (Å²) in [5, 5.41) is 12.5. The first-order valence-corrected chi connectivity index (χ1v) is 9.49. The summed E-state index contributed by atoms with van der Waals surface area (Å²) in [6, 6.07) is 13.5. The number of thioether (sulfide) groups is 1. The summed E-state index contributed by atoms with van der Waals surface area (Å²) < 4.78 is 1.97. The average molecular weight is 387 g/mol. The number of halogens is 1. The first-order valence-electron chi connectivity index (χ1n) is 8.12. The normalized spacial score (nSPS) is 10.8. The highest BCUT2D eigenvalue weighted by atomic mass is 35.5. The summed E-state index contributed by atoms with van der Waals surface area (Å²) in [5.41, 5.74) is 3.79. The second-order valence-electron chi connectivity index (χ2n) is 5.95. The van der Waals surface area contributed by atoms with Gasteiger partial charge in [-0.15, -0.1) is 10.2 Å². The standard InChI is InChI=1S/C19H19ClN4OS/c1-12-8-9-15(10-16(12)20)21-18(25)11-26-19-23-22-14(3)24(19)17-7-5-4-6-13(17)2/h4-10H,11H2,1-3H3,(H,21,25). The zero-order valence-electron chi connectivity index (χ0n) is 14.8. The van der Waals surface area contributed by atoms with Crippen LogP contribution in [0.5, 0.6) is 0 Å². The van der Waals surface area contributed by atoms with Gasteiger partial charge in [-0.1, -0.05) is 47.6 Å². The van der Waals surface area contributed by atoms with Gasteiger partial charge in [-0.3, -0.25) is 9.36 Å². The van der Waals surface area contributed by atoms with Crippen molar-refractivity contribution >= 4 is 35.0 Å². The molecule has 1 heterocycles. The predicted molar refractivity (Wildman–Crippen MR) is 106 cm³/mol. The van der Waals surface area contributed by atoms with Gasteiger partial charge in [-0.25, -0.2) is 0 Å². The third kappa shape index (κ3) is 4.08. The van der Waals surface area contributed by atoms with Gasteiger partial charge in [-0.2, -0.15) is 0 Å². The molecule has 0 bridgehead atoms. The SMILES string of the molecule is Cc1ccc(NC(=O)CSc2nnc(C)n2-c2ccccc2C)cc1Cl. The van der Waals surface area contributed by atoms with Gasteiger partial charge in [0.25, 0.3) is 0 Å². The molecule has 0 atom stereocenters. The second kappa shape index (κ2) is 7.93. The molecular formula is C19H19ClN4OS. The number of aryl methyl sites for hydroxylation is 3. The summed E-state index contributed by atoms with van der Waals surface area (Å²) >= 11 is 7.45. The first-order chi connectivity index (χ1) is 12.5. The van der Waals surface area contributed by atoms with Crippen LogP contribution in [0.25, 0.3) is 5.69 Å². The fraction of sp³-hybridized carbons (Fsp3) is 0.211. The maximum absolute atomic E-state index is 12.3. The van der Waals surface area contributed by atoms with E-state index in [-0.39, 0.29) is 11.7 Å². The van der Waals surface area contributed by atoms with Gasteiger partial charge in [0.1, 0.15) is 5.82 Å². The van der Waals surface area contributed by atoms with Crippen LogP contribution in [0.3, 0.4) is 0 Å². The Bertz CT molecular complexity index is 954. The highest BCUT2D eigenvalue weighted by Gasteiger charge is 2.14. The number of hydrogen-bond acceptors (Lipinski definition) is 4. The van der Waals surface area contributed by atoms with Crippen molar-refractivity contribution in [3.63, 3.8) is 0 Å². The molecule has 0 saturated heterocycles. The molecule has 0 aliphatic heterocycles. The van der Waals surface area contributed by atoms with E-state index in [9.17, 15) is 4.79 Å². The fourth-order valence-electron chi connectivity index (χ4n) is 2.53. The number of nitrogens with zero attached hydrogens (tertiary/aromatic N) is 3. The third-order valence-electron chi connectivity index (χ3n) is 3.94. The molecule has 1 aromatic heterocycles. The lowest BCUT2D eigenvalue weighted by atomic mass is 10.2. The van der Waals surface area contributed by atoms with Crippen molar-refractivity contribution in [1.29, 1.82) is 0 Å². The molecule has 1 N–H and O–H groups in total. The molecule has 0 radical (unpaired) electrons. The first kappa shape index (κ1) is 18.5. The molecule has 3 aromatic rings. The smallest absolute Gasteiger partial charge is 0.234 e.